The smallest absolute Gasteiger partial charge is 0.130 e. The fourth-order valence-electron chi connectivity index (χ4n) is 2.51. The van der Waals surface area contributed by atoms with Crippen molar-refractivity contribution >= 4 is 0 Å². The Kier molecular flexibility index (Phi) is 2.51. The number of benzene rings is 2. The van der Waals surface area contributed by atoms with Crippen molar-refractivity contribution in [3.8, 4) is 11.5 Å². The van der Waals surface area contributed by atoms with E-state index in [-0.39, 0.29) is 12.0 Å². The molecule has 0 amide bonds. The minimum atomic E-state index is 0.0439. The maximum absolute atomic E-state index is 9.55. The Morgan fingerprint density at radius 3 is 2.50 bits per heavy atom. The molecule has 0 saturated heterocycles. The van der Waals surface area contributed by atoms with E-state index in [1.54, 1.807) is 12.1 Å². The normalized spacial score (nSPS) is 21.4. The molecular formula is C16H16O2. The van der Waals surface area contributed by atoms with Crippen LogP contribution in [-0.4, -0.2) is 5.11 Å². The summed E-state index contributed by atoms with van der Waals surface area (Å²) in [5.41, 5.74) is 3.52. The predicted octanol–water partition coefficient (Wildman–Crippen LogP) is 3.94. The first-order valence-electron chi connectivity index (χ1n) is 6.21. The fraction of sp³-hybridized carbons (Fsp3) is 0.250. The zero-order chi connectivity index (χ0) is 12.7. The third kappa shape index (κ3) is 1.74. The van der Waals surface area contributed by atoms with Crippen LogP contribution in [0.15, 0.2) is 42.5 Å². The first-order valence-corrected chi connectivity index (χ1v) is 6.21. The lowest BCUT2D eigenvalue weighted by atomic mass is 9.92. The van der Waals surface area contributed by atoms with Crippen LogP contribution in [0.25, 0.3) is 0 Å². The van der Waals surface area contributed by atoms with Gasteiger partial charge >= 0.3 is 0 Å². The highest BCUT2D eigenvalue weighted by atomic mass is 16.5. The van der Waals surface area contributed by atoms with Crippen molar-refractivity contribution in [3.05, 3.63) is 59.2 Å². The molecule has 1 N–H and O–H groups in total. The number of hydrogen-bond acceptors (Lipinski definition) is 2. The van der Waals surface area contributed by atoms with Gasteiger partial charge in [0.25, 0.3) is 0 Å². The largest absolute Gasteiger partial charge is 0.508 e. The Bertz CT molecular complexity index is 572. The monoisotopic (exact) mass is 240 g/mol. The molecule has 2 aromatic carbocycles. The molecule has 0 spiro atoms. The first kappa shape index (κ1) is 11.1. The van der Waals surface area contributed by atoms with Gasteiger partial charge in [-0.05, 0) is 30.7 Å². The third-order valence-corrected chi connectivity index (χ3v) is 3.60. The molecule has 0 unspecified atom stereocenters. The molecule has 2 heteroatoms. The minimum Gasteiger partial charge on any atom is -0.508 e. The average molecular weight is 240 g/mol. The second-order valence-electron chi connectivity index (χ2n) is 4.96. The second kappa shape index (κ2) is 4.05. The highest BCUT2D eigenvalue weighted by Crippen LogP contribution is 2.46. The van der Waals surface area contributed by atoms with Crippen LogP contribution in [0.1, 0.15) is 35.6 Å². The summed E-state index contributed by atoms with van der Waals surface area (Å²) in [4.78, 5) is 0. The second-order valence-corrected chi connectivity index (χ2v) is 4.96. The van der Waals surface area contributed by atoms with Crippen LogP contribution in [0, 0.1) is 6.92 Å². The van der Waals surface area contributed by atoms with Gasteiger partial charge in [0, 0.05) is 11.5 Å². The summed E-state index contributed by atoms with van der Waals surface area (Å²) in [6, 6.07) is 13.7. The number of hydrogen-bond donors (Lipinski definition) is 1. The Hall–Kier alpha value is -1.96. The molecule has 1 heterocycles. The number of phenolic OH excluding ortho intramolecular Hbond substituents is 1. The molecule has 0 aliphatic carbocycles. The first-order chi connectivity index (χ1) is 8.65. The standard InChI is InChI=1S/C16H16O2/c1-10-3-5-12(6-4-10)16-11(2)14-9-13(17)7-8-15(14)18-16/h3-9,11,16-17H,1-2H3/t11-,16-/m1/s1. The lowest BCUT2D eigenvalue weighted by molar-refractivity contribution is 0.216. The Morgan fingerprint density at radius 1 is 1.06 bits per heavy atom. The molecule has 1 aliphatic heterocycles. The van der Waals surface area contributed by atoms with E-state index in [1.165, 1.54) is 11.1 Å². The number of phenols is 1. The van der Waals surface area contributed by atoms with Crippen molar-refractivity contribution < 1.29 is 9.84 Å². The van der Waals surface area contributed by atoms with Crippen LogP contribution in [0.2, 0.25) is 0 Å². The van der Waals surface area contributed by atoms with Crippen molar-refractivity contribution in [2.75, 3.05) is 0 Å². The SMILES string of the molecule is Cc1ccc([C@@H]2Oc3ccc(O)cc3[C@H]2C)cc1. The molecule has 0 bridgehead atoms. The topological polar surface area (TPSA) is 29.5 Å². The number of ether oxygens (including phenoxy) is 1. The summed E-state index contributed by atoms with van der Waals surface area (Å²) in [5, 5.41) is 9.55. The Morgan fingerprint density at radius 2 is 1.78 bits per heavy atom. The van der Waals surface area contributed by atoms with E-state index < -0.39 is 0 Å². The van der Waals surface area contributed by atoms with Crippen LogP contribution < -0.4 is 4.74 Å². The predicted molar refractivity (Wildman–Crippen MR) is 71.1 cm³/mol. The van der Waals surface area contributed by atoms with Crippen LogP contribution in [-0.2, 0) is 0 Å². The molecule has 0 fully saturated rings. The van der Waals surface area contributed by atoms with Gasteiger partial charge in [-0.2, -0.15) is 0 Å². The highest BCUT2D eigenvalue weighted by molar-refractivity contribution is 5.47. The molecule has 0 saturated carbocycles. The molecule has 92 valence electrons. The fourth-order valence-corrected chi connectivity index (χ4v) is 2.51. The number of aryl methyl sites for hydroxylation is 1. The van der Waals surface area contributed by atoms with Gasteiger partial charge in [0.1, 0.15) is 17.6 Å². The van der Waals surface area contributed by atoms with Crippen molar-refractivity contribution in [2.45, 2.75) is 25.9 Å². The van der Waals surface area contributed by atoms with Gasteiger partial charge in [0.05, 0.1) is 0 Å². The molecule has 2 nitrogen and oxygen atoms in total. The highest BCUT2D eigenvalue weighted by Gasteiger charge is 2.32. The zero-order valence-electron chi connectivity index (χ0n) is 10.6. The van der Waals surface area contributed by atoms with Gasteiger partial charge in [-0.1, -0.05) is 36.8 Å². The van der Waals surface area contributed by atoms with Crippen LogP contribution in [0.4, 0.5) is 0 Å². The minimum absolute atomic E-state index is 0.0439. The Balaban J connectivity index is 1.96. The van der Waals surface area contributed by atoms with E-state index >= 15 is 0 Å². The molecule has 3 rings (SSSR count). The summed E-state index contributed by atoms with van der Waals surface area (Å²) < 4.78 is 5.99. The molecule has 2 atom stereocenters. The van der Waals surface area contributed by atoms with Crippen molar-refractivity contribution in [3.63, 3.8) is 0 Å². The molecule has 2 aromatic rings. The van der Waals surface area contributed by atoms with E-state index in [9.17, 15) is 5.11 Å². The van der Waals surface area contributed by atoms with Crippen LogP contribution in [0.3, 0.4) is 0 Å². The molecule has 0 aromatic heterocycles. The third-order valence-electron chi connectivity index (χ3n) is 3.60. The van der Waals surface area contributed by atoms with E-state index in [0.717, 1.165) is 11.3 Å². The van der Waals surface area contributed by atoms with E-state index in [2.05, 4.69) is 38.1 Å². The Labute approximate surface area is 107 Å². The lowest BCUT2D eigenvalue weighted by Gasteiger charge is -2.15. The van der Waals surface area contributed by atoms with Gasteiger partial charge in [-0.15, -0.1) is 0 Å². The van der Waals surface area contributed by atoms with Crippen molar-refractivity contribution in [1.29, 1.82) is 0 Å². The summed E-state index contributed by atoms with van der Waals surface area (Å²) in [6.07, 6.45) is 0.0439. The number of fused-ring (bicyclic) bond motifs is 1. The van der Waals surface area contributed by atoms with E-state index in [4.69, 9.17) is 4.74 Å². The molecular weight excluding hydrogens is 224 g/mol. The summed E-state index contributed by atoms with van der Waals surface area (Å²) >= 11 is 0. The van der Waals surface area contributed by atoms with Gasteiger partial charge < -0.3 is 9.84 Å². The zero-order valence-corrected chi connectivity index (χ0v) is 10.6. The van der Waals surface area contributed by atoms with E-state index in [0.29, 0.717) is 5.75 Å². The van der Waals surface area contributed by atoms with E-state index in [1.807, 2.05) is 6.07 Å². The van der Waals surface area contributed by atoms with Crippen LogP contribution in [0.5, 0.6) is 11.5 Å². The number of rotatable bonds is 1. The average Bonchev–Trinajstić information content (AvgIpc) is 2.68. The van der Waals surface area contributed by atoms with Crippen molar-refractivity contribution in [1.82, 2.24) is 0 Å². The lowest BCUT2D eigenvalue weighted by Crippen LogP contribution is -2.06. The summed E-state index contributed by atoms with van der Waals surface area (Å²) in [6.45, 7) is 4.21. The maximum Gasteiger partial charge on any atom is 0.130 e. The van der Waals surface area contributed by atoms with Gasteiger partial charge in [-0.25, -0.2) is 0 Å². The molecule has 18 heavy (non-hydrogen) atoms. The van der Waals surface area contributed by atoms with Crippen molar-refractivity contribution in [2.24, 2.45) is 0 Å². The van der Waals surface area contributed by atoms with Gasteiger partial charge in [0.2, 0.25) is 0 Å². The summed E-state index contributed by atoms with van der Waals surface area (Å²) in [7, 11) is 0. The summed E-state index contributed by atoms with van der Waals surface area (Å²) in [5.74, 6) is 1.44. The van der Waals surface area contributed by atoms with Gasteiger partial charge in [0.15, 0.2) is 0 Å². The molecule has 1 aliphatic rings. The number of aromatic hydroxyl groups is 1. The van der Waals surface area contributed by atoms with Crippen LogP contribution >= 0.6 is 0 Å². The maximum atomic E-state index is 9.55. The molecule has 0 radical (unpaired) electrons. The van der Waals surface area contributed by atoms with Gasteiger partial charge in [-0.3, -0.25) is 0 Å². The quantitative estimate of drug-likeness (QED) is 0.818.